The molecule has 0 aliphatic rings. The first-order chi connectivity index (χ1) is 4.72. The maximum Gasteiger partial charge on any atom is 0.0758 e. The first kappa shape index (κ1) is 9.18. The summed E-state index contributed by atoms with van der Waals surface area (Å²) in [5.74, 6) is 0. The van der Waals surface area contributed by atoms with E-state index in [0.29, 0.717) is 0 Å². The Kier molecular flexibility index (Phi) is 4.59. The summed E-state index contributed by atoms with van der Waals surface area (Å²) in [6.45, 7) is 7.17. The lowest BCUT2D eigenvalue weighted by molar-refractivity contribution is 0.235. The molecule has 1 nitrogen and oxygen atoms in total. The monoisotopic (exact) mass is 138 g/mol. The molecule has 0 spiro atoms. The standard InChI is InChI=1S/C9H14O/c1-4-6-7-9(5-2)8(3)10/h4-8,10H,1H2,2-3H3/b7-6-,9-5+/t8-/m0/s1. The van der Waals surface area contributed by atoms with Crippen LogP contribution in [0.3, 0.4) is 0 Å². The van der Waals surface area contributed by atoms with Gasteiger partial charge in [0.1, 0.15) is 0 Å². The second kappa shape index (κ2) is 5.00. The van der Waals surface area contributed by atoms with Gasteiger partial charge in [0.05, 0.1) is 6.10 Å². The highest BCUT2D eigenvalue weighted by molar-refractivity contribution is 5.23. The van der Waals surface area contributed by atoms with Gasteiger partial charge in [-0.25, -0.2) is 0 Å². The normalized spacial score (nSPS) is 15.7. The Morgan fingerprint density at radius 2 is 2.20 bits per heavy atom. The van der Waals surface area contributed by atoms with Crippen molar-refractivity contribution in [2.75, 3.05) is 0 Å². The van der Waals surface area contributed by atoms with E-state index < -0.39 is 0 Å². The van der Waals surface area contributed by atoms with E-state index in [9.17, 15) is 0 Å². The molecule has 0 aliphatic heterocycles. The minimum Gasteiger partial charge on any atom is -0.389 e. The van der Waals surface area contributed by atoms with Crippen molar-refractivity contribution in [3.05, 3.63) is 36.5 Å². The molecule has 0 rings (SSSR count). The lowest BCUT2D eigenvalue weighted by Gasteiger charge is -2.02. The van der Waals surface area contributed by atoms with Crippen molar-refractivity contribution < 1.29 is 5.11 Å². The zero-order valence-corrected chi connectivity index (χ0v) is 6.54. The smallest absolute Gasteiger partial charge is 0.0758 e. The molecule has 0 aromatic heterocycles. The van der Waals surface area contributed by atoms with Crippen molar-refractivity contribution in [3.8, 4) is 0 Å². The maximum absolute atomic E-state index is 9.08. The average molecular weight is 138 g/mol. The first-order valence-corrected chi connectivity index (χ1v) is 3.35. The summed E-state index contributed by atoms with van der Waals surface area (Å²) in [5.41, 5.74) is 0.917. The zero-order valence-electron chi connectivity index (χ0n) is 6.54. The van der Waals surface area contributed by atoms with Crippen LogP contribution in [0.15, 0.2) is 36.5 Å². The molecule has 0 bridgehead atoms. The molecular weight excluding hydrogens is 124 g/mol. The number of hydrogen-bond acceptors (Lipinski definition) is 1. The van der Waals surface area contributed by atoms with Crippen LogP contribution < -0.4 is 0 Å². The van der Waals surface area contributed by atoms with Crippen LogP contribution in [0.5, 0.6) is 0 Å². The van der Waals surface area contributed by atoms with Gasteiger partial charge in [-0.2, -0.15) is 0 Å². The molecule has 1 atom stereocenters. The summed E-state index contributed by atoms with van der Waals surface area (Å²) >= 11 is 0. The van der Waals surface area contributed by atoms with Gasteiger partial charge in [0.2, 0.25) is 0 Å². The minimum absolute atomic E-state index is 0.388. The van der Waals surface area contributed by atoms with Crippen molar-refractivity contribution in [1.29, 1.82) is 0 Å². The zero-order chi connectivity index (χ0) is 7.98. The molecule has 1 N–H and O–H groups in total. The Hall–Kier alpha value is -0.820. The minimum atomic E-state index is -0.388. The Bertz CT molecular complexity index is 152. The topological polar surface area (TPSA) is 20.2 Å². The number of allylic oxidation sites excluding steroid dienone is 3. The second-order valence-electron chi connectivity index (χ2n) is 2.06. The highest BCUT2D eigenvalue weighted by Crippen LogP contribution is 2.02. The van der Waals surface area contributed by atoms with Crippen LogP contribution in [0.1, 0.15) is 13.8 Å². The van der Waals surface area contributed by atoms with Crippen molar-refractivity contribution in [2.24, 2.45) is 0 Å². The fourth-order valence-corrected chi connectivity index (χ4v) is 0.656. The predicted octanol–water partition coefficient (Wildman–Crippen LogP) is 2.06. The summed E-state index contributed by atoms with van der Waals surface area (Å²) in [5, 5.41) is 9.08. The van der Waals surface area contributed by atoms with E-state index in [4.69, 9.17) is 5.11 Å². The third-order valence-electron chi connectivity index (χ3n) is 1.24. The van der Waals surface area contributed by atoms with Gasteiger partial charge in [-0.15, -0.1) is 0 Å². The highest BCUT2D eigenvalue weighted by atomic mass is 16.3. The second-order valence-corrected chi connectivity index (χ2v) is 2.06. The van der Waals surface area contributed by atoms with Gasteiger partial charge in [0.25, 0.3) is 0 Å². The molecular formula is C9H14O. The van der Waals surface area contributed by atoms with Crippen LogP contribution in [-0.2, 0) is 0 Å². The van der Waals surface area contributed by atoms with Gasteiger partial charge >= 0.3 is 0 Å². The summed E-state index contributed by atoms with van der Waals surface area (Å²) < 4.78 is 0. The summed E-state index contributed by atoms with van der Waals surface area (Å²) in [6.07, 6.45) is 6.83. The molecule has 0 aromatic carbocycles. The van der Waals surface area contributed by atoms with E-state index in [1.807, 2.05) is 25.2 Å². The Morgan fingerprint density at radius 3 is 2.50 bits per heavy atom. The molecule has 0 amide bonds. The van der Waals surface area contributed by atoms with Crippen LogP contribution in [0.4, 0.5) is 0 Å². The maximum atomic E-state index is 9.08. The SMILES string of the molecule is C=C/C=C\C(=C/C)[C@H](C)O. The van der Waals surface area contributed by atoms with Crippen LogP contribution in [-0.4, -0.2) is 11.2 Å². The van der Waals surface area contributed by atoms with Crippen molar-refractivity contribution in [3.63, 3.8) is 0 Å². The molecule has 0 aromatic rings. The van der Waals surface area contributed by atoms with E-state index in [1.54, 1.807) is 13.0 Å². The van der Waals surface area contributed by atoms with E-state index in [1.165, 1.54) is 0 Å². The number of hydrogen-bond donors (Lipinski definition) is 1. The van der Waals surface area contributed by atoms with E-state index >= 15 is 0 Å². The van der Waals surface area contributed by atoms with E-state index in [0.717, 1.165) is 5.57 Å². The van der Waals surface area contributed by atoms with Gasteiger partial charge in [0.15, 0.2) is 0 Å². The predicted molar refractivity (Wildman–Crippen MR) is 44.8 cm³/mol. The highest BCUT2D eigenvalue weighted by Gasteiger charge is 1.96. The van der Waals surface area contributed by atoms with Gasteiger partial charge in [0, 0.05) is 0 Å². The van der Waals surface area contributed by atoms with E-state index in [-0.39, 0.29) is 6.10 Å². The molecule has 0 saturated heterocycles. The average Bonchev–Trinajstić information content (AvgIpc) is 1.89. The summed E-state index contributed by atoms with van der Waals surface area (Å²) in [6, 6.07) is 0. The molecule has 0 fully saturated rings. The fraction of sp³-hybridized carbons (Fsp3) is 0.333. The third kappa shape index (κ3) is 3.25. The Balaban J connectivity index is 4.10. The Labute approximate surface area is 62.4 Å². The summed E-state index contributed by atoms with van der Waals surface area (Å²) in [4.78, 5) is 0. The quantitative estimate of drug-likeness (QED) is 0.592. The van der Waals surface area contributed by atoms with Gasteiger partial charge in [-0.1, -0.05) is 30.9 Å². The molecule has 0 radical (unpaired) electrons. The molecule has 0 unspecified atom stereocenters. The molecule has 10 heavy (non-hydrogen) atoms. The van der Waals surface area contributed by atoms with Gasteiger partial charge < -0.3 is 5.11 Å². The summed E-state index contributed by atoms with van der Waals surface area (Å²) in [7, 11) is 0. The lowest BCUT2D eigenvalue weighted by Crippen LogP contribution is -2.00. The molecule has 0 aliphatic carbocycles. The van der Waals surface area contributed by atoms with Crippen LogP contribution >= 0.6 is 0 Å². The Morgan fingerprint density at radius 1 is 1.60 bits per heavy atom. The largest absolute Gasteiger partial charge is 0.389 e. The number of rotatable bonds is 3. The van der Waals surface area contributed by atoms with Crippen LogP contribution in [0.2, 0.25) is 0 Å². The van der Waals surface area contributed by atoms with Crippen molar-refractivity contribution >= 4 is 0 Å². The van der Waals surface area contributed by atoms with Gasteiger partial charge in [-0.05, 0) is 19.4 Å². The number of aliphatic hydroxyl groups is 1. The third-order valence-corrected chi connectivity index (χ3v) is 1.24. The fourth-order valence-electron chi connectivity index (χ4n) is 0.656. The number of aliphatic hydroxyl groups excluding tert-OH is 1. The van der Waals surface area contributed by atoms with Crippen LogP contribution in [0.25, 0.3) is 0 Å². The van der Waals surface area contributed by atoms with Crippen LogP contribution in [0, 0.1) is 0 Å². The van der Waals surface area contributed by atoms with E-state index in [2.05, 4.69) is 6.58 Å². The van der Waals surface area contributed by atoms with Gasteiger partial charge in [-0.3, -0.25) is 0 Å². The molecule has 56 valence electrons. The van der Waals surface area contributed by atoms with Crippen molar-refractivity contribution in [1.82, 2.24) is 0 Å². The molecule has 0 saturated carbocycles. The van der Waals surface area contributed by atoms with Crippen molar-refractivity contribution in [2.45, 2.75) is 20.0 Å². The first-order valence-electron chi connectivity index (χ1n) is 3.35. The lowest BCUT2D eigenvalue weighted by atomic mass is 10.1. The molecule has 1 heteroatoms. The molecule has 0 heterocycles.